The lowest BCUT2D eigenvalue weighted by Crippen LogP contribution is -2.61. The van der Waals surface area contributed by atoms with Crippen molar-refractivity contribution in [2.24, 2.45) is 0 Å². The van der Waals surface area contributed by atoms with E-state index in [9.17, 15) is 0 Å². The first-order valence-corrected chi connectivity index (χ1v) is 8.46. The molecule has 1 fully saturated rings. The van der Waals surface area contributed by atoms with Crippen LogP contribution in [0.25, 0.3) is 0 Å². The number of morpholine rings is 1. The lowest BCUT2D eigenvalue weighted by Gasteiger charge is -2.46. The van der Waals surface area contributed by atoms with Crippen LogP contribution in [0.5, 0.6) is 5.75 Å². The van der Waals surface area contributed by atoms with Crippen molar-refractivity contribution >= 4 is 5.82 Å². The Morgan fingerprint density at radius 2 is 1.92 bits per heavy atom. The molecule has 1 saturated heterocycles. The quantitative estimate of drug-likeness (QED) is 0.828. The molecule has 0 aliphatic carbocycles. The number of quaternary nitrogens is 1. The molecule has 1 atom stereocenters. The third kappa shape index (κ3) is 3.86. The van der Waals surface area contributed by atoms with E-state index in [1.807, 2.05) is 36.5 Å². The van der Waals surface area contributed by atoms with Gasteiger partial charge in [-0.3, -0.25) is 4.48 Å². The molecule has 3 rings (SSSR count). The SMILES string of the molecule is COc1ccc(C[N+]2(C(C)Nc3ccccn3)CCOCC2)cc1. The van der Waals surface area contributed by atoms with Crippen molar-refractivity contribution in [3.05, 3.63) is 54.2 Å². The zero-order valence-electron chi connectivity index (χ0n) is 14.4. The molecule has 1 aliphatic heterocycles. The van der Waals surface area contributed by atoms with Crippen LogP contribution in [0.1, 0.15) is 12.5 Å². The Bertz CT molecular complexity index is 625. The van der Waals surface area contributed by atoms with Crippen molar-refractivity contribution in [3.8, 4) is 5.75 Å². The molecule has 0 radical (unpaired) electrons. The van der Waals surface area contributed by atoms with Crippen molar-refractivity contribution < 1.29 is 14.0 Å². The van der Waals surface area contributed by atoms with Crippen LogP contribution in [0.15, 0.2) is 48.7 Å². The second-order valence-electron chi connectivity index (χ2n) is 6.32. The number of hydrogen-bond acceptors (Lipinski definition) is 4. The molecular weight excluding hydrogens is 302 g/mol. The Morgan fingerprint density at radius 3 is 2.54 bits per heavy atom. The molecule has 0 spiro atoms. The van der Waals surface area contributed by atoms with Crippen LogP contribution in [0.2, 0.25) is 0 Å². The molecule has 24 heavy (non-hydrogen) atoms. The maximum absolute atomic E-state index is 5.62. The van der Waals surface area contributed by atoms with E-state index in [1.54, 1.807) is 7.11 Å². The van der Waals surface area contributed by atoms with Crippen LogP contribution in [-0.2, 0) is 11.3 Å². The van der Waals surface area contributed by atoms with Gasteiger partial charge in [0.1, 0.15) is 31.2 Å². The van der Waals surface area contributed by atoms with Gasteiger partial charge in [-0.2, -0.15) is 0 Å². The molecular formula is C19H26N3O2+. The number of ether oxygens (including phenoxy) is 2. The van der Waals surface area contributed by atoms with Crippen molar-refractivity contribution in [2.45, 2.75) is 19.6 Å². The largest absolute Gasteiger partial charge is 0.497 e. The fraction of sp³-hybridized carbons (Fsp3) is 0.421. The van der Waals surface area contributed by atoms with Crippen molar-refractivity contribution in [3.63, 3.8) is 0 Å². The van der Waals surface area contributed by atoms with Gasteiger partial charge >= 0.3 is 0 Å². The smallest absolute Gasteiger partial charge is 0.160 e. The number of methoxy groups -OCH3 is 1. The number of nitrogens with zero attached hydrogens (tertiary/aromatic N) is 2. The molecule has 5 heteroatoms. The number of hydrogen-bond donors (Lipinski definition) is 1. The summed E-state index contributed by atoms with van der Waals surface area (Å²) in [5.41, 5.74) is 1.31. The fourth-order valence-electron chi connectivity index (χ4n) is 3.28. The van der Waals surface area contributed by atoms with Crippen LogP contribution in [0, 0.1) is 0 Å². The van der Waals surface area contributed by atoms with Crippen LogP contribution < -0.4 is 10.1 Å². The summed E-state index contributed by atoms with van der Waals surface area (Å²) in [6, 6.07) is 14.3. The van der Waals surface area contributed by atoms with Crippen LogP contribution in [0.4, 0.5) is 5.82 Å². The molecule has 1 aromatic carbocycles. The number of anilines is 1. The first-order valence-electron chi connectivity index (χ1n) is 8.46. The maximum Gasteiger partial charge on any atom is 0.160 e. The topological polar surface area (TPSA) is 43.4 Å². The van der Waals surface area contributed by atoms with Crippen molar-refractivity contribution in [2.75, 3.05) is 38.7 Å². The molecule has 1 unspecified atom stereocenters. The van der Waals surface area contributed by atoms with E-state index >= 15 is 0 Å². The van der Waals surface area contributed by atoms with Gasteiger partial charge in [0.05, 0.1) is 20.3 Å². The minimum Gasteiger partial charge on any atom is -0.497 e. The van der Waals surface area contributed by atoms with Crippen LogP contribution in [-0.4, -0.2) is 49.0 Å². The van der Waals surface area contributed by atoms with E-state index in [-0.39, 0.29) is 6.17 Å². The Hall–Kier alpha value is -2.11. The highest BCUT2D eigenvalue weighted by Gasteiger charge is 2.36. The monoisotopic (exact) mass is 328 g/mol. The van der Waals surface area contributed by atoms with Gasteiger partial charge in [0, 0.05) is 18.7 Å². The van der Waals surface area contributed by atoms with Gasteiger partial charge in [-0.1, -0.05) is 6.07 Å². The minimum atomic E-state index is 0.255. The average molecular weight is 328 g/mol. The standard InChI is InChI=1S/C19H26N3O2/c1-16(21-19-5-3-4-10-20-19)22(11-13-24-14-12-22)15-17-6-8-18(23-2)9-7-17/h3-10,16H,11-15H2,1-2H3,(H,20,21)/q+1. The number of pyridine rings is 1. The minimum absolute atomic E-state index is 0.255. The highest BCUT2D eigenvalue weighted by Crippen LogP contribution is 2.24. The van der Waals surface area contributed by atoms with Gasteiger partial charge < -0.3 is 14.8 Å². The summed E-state index contributed by atoms with van der Waals surface area (Å²) in [4.78, 5) is 4.41. The molecule has 0 bridgehead atoms. The Kier molecular flexibility index (Phi) is 5.33. The highest BCUT2D eigenvalue weighted by molar-refractivity contribution is 5.33. The van der Waals surface area contributed by atoms with E-state index in [0.717, 1.165) is 48.9 Å². The lowest BCUT2D eigenvalue weighted by atomic mass is 10.1. The third-order valence-electron chi connectivity index (χ3n) is 4.86. The highest BCUT2D eigenvalue weighted by atomic mass is 16.5. The summed E-state index contributed by atoms with van der Waals surface area (Å²) in [5, 5.41) is 3.58. The average Bonchev–Trinajstić information content (AvgIpc) is 2.64. The van der Waals surface area contributed by atoms with Crippen molar-refractivity contribution in [1.29, 1.82) is 0 Å². The van der Waals surface area contributed by atoms with E-state index in [2.05, 4.69) is 29.4 Å². The second kappa shape index (κ2) is 7.64. The third-order valence-corrected chi connectivity index (χ3v) is 4.86. The van der Waals surface area contributed by atoms with Crippen LogP contribution in [0.3, 0.4) is 0 Å². The Labute approximate surface area is 143 Å². The summed E-state index contributed by atoms with van der Waals surface area (Å²) in [7, 11) is 1.70. The zero-order valence-corrected chi connectivity index (χ0v) is 14.4. The van der Waals surface area contributed by atoms with Crippen LogP contribution >= 0.6 is 0 Å². The zero-order chi connectivity index (χ0) is 16.8. The molecule has 5 nitrogen and oxygen atoms in total. The molecule has 1 aliphatic rings. The first kappa shape index (κ1) is 16.7. The van der Waals surface area contributed by atoms with E-state index in [0.29, 0.717) is 0 Å². The summed E-state index contributed by atoms with van der Waals surface area (Å²) < 4.78 is 11.8. The molecule has 1 N–H and O–H groups in total. The van der Waals surface area contributed by atoms with E-state index < -0.39 is 0 Å². The number of nitrogens with one attached hydrogen (secondary N) is 1. The molecule has 2 heterocycles. The van der Waals surface area contributed by atoms with Gasteiger partial charge in [0.15, 0.2) is 6.17 Å². The van der Waals surface area contributed by atoms with Crippen molar-refractivity contribution in [1.82, 2.24) is 4.98 Å². The molecule has 0 amide bonds. The van der Waals surface area contributed by atoms with Gasteiger partial charge in [-0.25, -0.2) is 4.98 Å². The molecule has 0 saturated carbocycles. The summed E-state index contributed by atoms with van der Waals surface area (Å²) in [5.74, 6) is 1.82. The number of rotatable bonds is 6. The molecule has 1 aromatic heterocycles. The predicted octanol–water partition coefficient (Wildman–Crippen LogP) is 2.90. The second-order valence-corrected chi connectivity index (χ2v) is 6.32. The lowest BCUT2D eigenvalue weighted by molar-refractivity contribution is -0.965. The van der Waals surface area contributed by atoms with Gasteiger partial charge in [0.25, 0.3) is 0 Å². The number of aromatic nitrogens is 1. The first-order chi connectivity index (χ1) is 11.7. The normalized spacial score (nSPS) is 17.9. The Balaban J connectivity index is 1.78. The molecule has 2 aromatic rings. The fourth-order valence-corrected chi connectivity index (χ4v) is 3.28. The van der Waals surface area contributed by atoms with Gasteiger partial charge in [-0.15, -0.1) is 0 Å². The predicted molar refractivity (Wildman–Crippen MR) is 94.8 cm³/mol. The van der Waals surface area contributed by atoms with Gasteiger partial charge in [-0.05, 0) is 36.4 Å². The summed E-state index contributed by atoms with van der Waals surface area (Å²) >= 11 is 0. The summed E-state index contributed by atoms with van der Waals surface area (Å²) in [6.45, 7) is 6.78. The Morgan fingerprint density at radius 1 is 1.17 bits per heavy atom. The van der Waals surface area contributed by atoms with Gasteiger partial charge in [0.2, 0.25) is 0 Å². The van der Waals surface area contributed by atoms with E-state index in [1.165, 1.54) is 5.56 Å². The van der Waals surface area contributed by atoms with E-state index in [4.69, 9.17) is 9.47 Å². The molecule has 128 valence electrons. The maximum atomic E-state index is 5.62. The summed E-state index contributed by atoms with van der Waals surface area (Å²) in [6.07, 6.45) is 2.08. The number of benzene rings is 1.